The molecule has 1 heterocycles. The van der Waals surface area contributed by atoms with Gasteiger partial charge in [0, 0.05) is 18.0 Å². The number of benzene rings is 1. The predicted molar refractivity (Wildman–Crippen MR) is 136 cm³/mol. The topological polar surface area (TPSA) is 22.0 Å². The first-order chi connectivity index (χ1) is 16.0. The molecule has 0 aliphatic heterocycles. The molecule has 1 aromatic heterocycles. The molecule has 178 valence electrons. The first kappa shape index (κ1) is 21.9. The third-order valence-corrected chi connectivity index (χ3v) is 11.6. The number of carbonyl (C=O) groups excluding carboxylic acids is 1. The molecular formula is C31H43NO. The number of fused-ring (bicyclic) bond motifs is 6. The molecule has 4 fully saturated rings. The molecule has 4 aliphatic carbocycles. The second-order valence-corrected chi connectivity index (χ2v) is 12.8. The molecule has 2 aromatic rings. The molecular weight excluding hydrogens is 402 g/mol. The summed E-state index contributed by atoms with van der Waals surface area (Å²) in [5, 5.41) is 1.16. The fourth-order valence-corrected chi connectivity index (χ4v) is 9.80. The Hall–Kier alpha value is -1.57. The summed E-state index contributed by atoms with van der Waals surface area (Å²) < 4.78 is 1.88. The van der Waals surface area contributed by atoms with Gasteiger partial charge in [0.25, 0.3) is 0 Å². The maximum absolute atomic E-state index is 13.0. The van der Waals surface area contributed by atoms with Crippen LogP contribution < -0.4 is 0 Å². The van der Waals surface area contributed by atoms with E-state index in [1.165, 1.54) is 70.6 Å². The Morgan fingerprint density at radius 2 is 1.76 bits per heavy atom. The van der Waals surface area contributed by atoms with Crippen LogP contribution in [0.15, 0.2) is 36.5 Å². The van der Waals surface area contributed by atoms with E-state index in [9.17, 15) is 4.79 Å². The van der Waals surface area contributed by atoms with Crippen LogP contribution in [0.3, 0.4) is 0 Å². The van der Waals surface area contributed by atoms with Gasteiger partial charge < -0.3 is 0 Å². The average molecular weight is 446 g/mol. The highest BCUT2D eigenvalue weighted by Gasteiger charge is 2.59. The van der Waals surface area contributed by atoms with Crippen LogP contribution in [0.25, 0.3) is 10.9 Å². The van der Waals surface area contributed by atoms with Crippen molar-refractivity contribution < 1.29 is 4.79 Å². The maximum atomic E-state index is 13.0. The van der Waals surface area contributed by atoms with Crippen molar-refractivity contribution in [2.45, 2.75) is 97.3 Å². The van der Waals surface area contributed by atoms with Gasteiger partial charge in [0.15, 0.2) is 0 Å². The van der Waals surface area contributed by atoms with Crippen LogP contribution in [0.2, 0.25) is 0 Å². The summed E-state index contributed by atoms with van der Waals surface area (Å²) in [6, 6.07) is 10.3. The van der Waals surface area contributed by atoms with Crippen LogP contribution in [0, 0.1) is 40.4 Å². The SMILES string of the molecule is CC12CCCCC1CCC1C2CCC2(C)C(CCCC(=O)n3ccc4ccccc43)CCC12. The molecule has 0 spiro atoms. The predicted octanol–water partition coefficient (Wildman–Crippen LogP) is 8.50. The fraction of sp³-hybridized carbons (Fsp3) is 0.710. The number of aromatic nitrogens is 1. The van der Waals surface area contributed by atoms with Gasteiger partial charge in [-0.1, -0.05) is 44.9 Å². The van der Waals surface area contributed by atoms with Crippen molar-refractivity contribution in [3.63, 3.8) is 0 Å². The van der Waals surface area contributed by atoms with E-state index in [4.69, 9.17) is 0 Å². The molecule has 0 bridgehead atoms. The Morgan fingerprint density at radius 1 is 0.909 bits per heavy atom. The molecule has 4 aliphatic rings. The van der Waals surface area contributed by atoms with Crippen molar-refractivity contribution in [1.82, 2.24) is 4.57 Å². The van der Waals surface area contributed by atoms with Crippen molar-refractivity contribution in [3.8, 4) is 0 Å². The first-order valence-electron chi connectivity index (χ1n) is 14.1. The van der Waals surface area contributed by atoms with Crippen molar-refractivity contribution >= 4 is 16.8 Å². The number of nitrogens with zero attached hydrogens (tertiary/aromatic N) is 1. The highest BCUT2D eigenvalue weighted by Crippen LogP contribution is 2.67. The maximum Gasteiger partial charge on any atom is 0.231 e. The lowest BCUT2D eigenvalue weighted by molar-refractivity contribution is -0.111. The minimum atomic E-state index is 0.267. The van der Waals surface area contributed by atoms with E-state index in [0.717, 1.165) is 46.9 Å². The fourth-order valence-electron chi connectivity index (χ4n) is 9.80. The molecule has 0 amide bonds. The van der Waals surface area contributed by atoms with Gasteiger partial charge in [-0.25, -0.2) is 0 Å². The van der Waals surface area contributed by atoms with E-state index in [0.29, 0.717) is 17.3 Å². The van der Waals surface area contributed by atoms with E-state index < -0.39 is 0 Å². The van der Waals surface area contributed by atoms with Gasteiger partial charge in [0.2, 0.25) is 5.91 Å². The summed E-state index contributed by atoms with van der Waals surface area (Å²) in [7, 11) is 0. The van der Waals surface area contributed by atoms with Crippen LogP contribution in [0.1, 0.15) is 102 Å². The molecule has 7 atom stereocenters. The summed E-state index contributed by atoms with van der Waals surface area (Å²) in [4.78, 5) is 13.0. The zero-order valence-corrected chi connectivity index (χ0v) is 20.9. The quantitative estimate of drug-likeness (QED) is 0.462. The van der Waals surface area contributed by atoms with Gasteiger partial charge in [-0.3, -0.25) is 9.36 Å². The summed E-state index contributed by atoms with van der Waals surface area (Å²) in [5.74, 6) is 5.05. The summed E-state index contributed by atoms with van der Waals surface area (Å²) >= 11 is 0. The summed E-state index contributed by atoms with van der Waals surface area (Å²) in [5.41, 5.74) is 2.23. The zero-order valence-electron chi connectivity index (χ0n) is 20.9. The van der Waals surface area contributed by atoms with Crippen molar-refractivity contribution in [3.05, 3.63) is 36.5 Å². The minimum absolute atomic E-state index is 0.267. The van der Waals surface area contributed by atoms with Crippen LogP contribution in [0.5, 0.6) is 0 Å². The monoisotopic (exact) mass is 445 g/mol. The van der Waals surface area contributed by atoms with Crippen LogP contribution in [-0.4, -0.2) is 10.5 Å². The first-order valence-corrected chi connectivity index (χ1v) is 14.1. The van der Waals surface area contributed by atoms with Gasteiger partial charge in [0.1, 0.15) is 0 Å². The number of hydrogen-bond donors (Lipinski definition) is 0. The second kappa shape index (κ2) is 8.28. The van der Waals surface area contributed by atoms with E-state index in [2.05, 4.69) is 32.0 Å². The largest absolute Gasteiger partial charge is 0.287 e. The zero-order chi connectivity index (χ0) is 22.6. The van der Waals surface area contributed by atoms with Gasteiger partial charge in [-0.15, -0.1) is 0 Å². The highest BCUT2D eigenvalue weighted by atomic mass is 16.2. The number of carbonyl (C=O) groups is 1. The van der Waals surface area contributed by atoms with E-state index >= 15 is 0 Å². The van der Waals surface area contributed by atoms with Gasteiger partial charge in [-0.05, 0) is 117 Å². The molecule has 0 saturated heterocycles. The number of hydrogen-bond acceptors (Lipinski definition) is 1. The number of para-hydroxylation sites is 1. The summed E-state index contributed by atoms with van der Waals surface area (Å²) in [6.45, 7) is 5.35. The molecule has 0 N–H and O–H groups in total. The Morgan fingerprint density at radius 3 is 2.67 bits per heavy atom. The molecule has 33 heavy (non-hydrogen) atoms. The standard InChI is InChI=1S/C31H43NO/c1-30-19-6-5-9-23(30)13-15-25-26-16-14-24(31(26,2)20-17-27(25)30)10-7-12-29(33)32-21-18-22-8-3-4-11-28(22)32/h3-4,8,11,18,21,23-27H,5-7,9-10,12-17,19-20H2,1-2H3. The molecule has 2 heteroatoms. The Balaban J connectivity index is 1.11. The van der Waals surface area contributed by atoms with Gasteiger partial charge in [0.05, 0.1) is 5.52 Å². The van der Waals surface area contributed by atoms with Gasteiger partial charge >= 0.3 is 0 Å². The second-order valence-electron chi connectivity index (χ2n) is 12.8. The third-order valence-electron chi connectivity index (χ3n) is 11.6. The Bertz CT molecular complexity index is 1020. The molecule has 2 nitrogen and oxygen atoms in total. The van der Waals surface area contributed by atoms with Crippen molar-refractivity contribution in [1.29, 1.82) is 0 Å². The Kier molecular flexibility index (Phi) is 5.50. The number of rotatable bonds is 4. The Labute approximate surface area is 200 Å². The lowest BCUT2D eigenvalue weighted by Crippen LogP contribution is -2.52. The van der Waals surface area contributed by atoms with Crippen molar-refractivity contribution in [2.75, 3.05) is 0 Å². The minimum Gasteiger partial charge on any atom is -0.287 e. The molecule has 1 aromatic carbocycles. The lowest BCUT2D eigenvalue weighted by atomic mass is 9.45. The van der Waals surface area contributed by atoms with E-state index in [1.807, 2.05) is 22.9 Å². The normalized spacial score (nSPS) is 40.2. The van der Waals surface area contributed by atoms with Crippen LogP contribution >= 0.6 is 0 Å². The average Bonchev–Trinajstić information content (AvgIpc) is 3.40. The lowest BCUT2D eigenvalue weighted by Gasteiger charge is -2.60. The molecule has 0 radical (unpaired) electrons. The van der Waals surface area contributed by atoms with Crippen LogP contribution in [-0.2, 0) is 0 Å². The molecule has 4 saturated carbocycles. The third kappa shape index (κ3) is 3.45. The molecule has 7 unspecified atom stereocenters. The molecule has 6 rings (SSSR count). The van der Waals surface area contributed by atoms with Gasteiger partial charge in [-0.2, -0.15) is 0 Å². The smallest absolute Gasteiger partial charge is 0.231 e. The highest BCUT2D eigenvalue weighted by molar-refractivity contribution is 5.92. The summed E-state index contributed by atoms with van der Waals surface area (Å²) in [6.07, 6.45) is 19.7. The van der Waals surface area contributed by atoms with Crippen LogP contribution in [0.4, 0.5) is 0 Å². The van der Waals surface area contributed by atoms with Crippen molar-refractivity contribution in [2.24, 2.45) is 40.4 Å². The van der Waals surface area contributed by atoms with E-state index in [1.54, 1.807) is 0 Å². The van der Waals surface area contributed by atoms with E-state index in [-0.39, 0.29) is 5.91 Å².